The SMILES string of the molecule is C1=CC(n2c3ccccc3c3ccccc32)=CC(CC2N=C(c3ccccc3)NC(c3ccc(-c4ccccc4)cc3)=N2)C1. The molecule has 1 N–H and O–H groups in total. The number of hydrogen-bond acceptors (Lipinski definition) is 3. The van der Waals surface area contributed by atoms with Crippen LogP contribution in [-0.4, -0.2) is 22.4 Å². The van der Waals surface area contributed by atoms with Gasteiger partial charge in [-0.15, -0.1) is 0 Å². The van der Waals surface area contributed by atoms with Crippen molar-refractivity contribution in [3.05, 3.63) is 163 Å². The van der Waals surface area contributed by atoms with Gasteiger partial charge < -0.3 is 9.88 Å². The van der Waals surface area contributed by atoms with Gasteiger partial charge in [0, 0.05) is 27.6 Å². The number of amidine groups is 2. The predicted octanol–water partition coefficient (Wildman–Crippen LogP) is 9.09. The lowest BCUT2D eigenvalue weighted by molar-refractivity contribution is 0.513. The van der Waals surface area contributed by atoms with Crippen LogP contribution in [0.4, 0.5) is 0 Å². The summed E-state index contributed by atoms with van der Waals surface area (Å²) in [6, 6.07) is 46.9. The Labute approximate surface area is 257 Å². The van der Waals surface area contributed by atoms with E-state index in [0.29, 0.717) is 5.92 Å². The van der Waals surface area contributed by atoms with Crippen molar-refractivity contribution in [2.24, 2.45) is 15.9 Å². The summed E-state index contributed by atoms with van der Waals surface area (Å²) in [5, 5.41) is 6.11. The zero-order valence-corrected chi connectivity index (χ0v) is 24.3. The smallest absolute Gasteiger partial charge is 0.144 e. The summed E-state index contributed by atoms with van der Waals surface area (Å²) in [6.45, 7) is 0. The largest absolute Gasteiger partial charge is 0.324 e. The zero-order valence-electron chi connectivity index (χ0n) is 24.3. The third-order valence-electron chi connectivity index (χ3n) is 8.59. The Morgan fingerprint density at radius 1 is 0.568 bits per heavy atom. The number of rotatable bonds is 6. The lowest BCUT2D eigenvalue weighted by atomic mass is 9.94. The maximum Gasteiger partial charge on any atom is 0.144 e. The first-order valence-corrected chi connectivity index (χ1v) is 15.3. The van der Waals surface area contributed by atoms with E-state index in [1.54, 1.807) is 0 Å². The van der Waals surface area contributed by atoms with Gasteiger partial charge >= 0.3 is 0 Å². The quantitative estimate of drug-likeness (QED) is 0.214. The predicted molar refractivity (Wildman–Crippen MR) is 184 cm³/mol. The first-order valence-electron chi connectivity index (χ1n) is 15.3. The summed E-state index contributed by atoms with van der Waals surface area (Å²) in [6.07, 6.45) is 8.59. The average molecular weight is 569 g/mol. The fourth-order valence-corrected chi connectivity index (χ4v) is 6.46. The highest BCUT2D eigenvalue weighted by molar-refractivity contribution is 6.16. The second-order valence-electron chi connectivity index (χ2n) is 11.5. The van der Waals surface area contributed by atoms with E-state index in [1.807, 2.05) is 12.1 Å². The molecule has 44 heavy (non-hydrogen) atoms. The number of benzene rings is 5. The fraction of sp³-hybridized carbons (Fsp3) is 0.100. The molecule has 8 rings (SSSR count). The summed E-state index contributed by atoms with van der Waals surface area (Å²) in [7, 11) is 0. The van der Waals surface area contributed by atoms with E-state index >= 15 is 0 Å². The first-order chi connectivity index (χ1) is 21.8. The molecule has 2 heterocycles. The van der Waals surface area contributed by atoms with Gasteiger partial charge in [0.15, 0.2) is 0 Å². The standard InChI is InChI=1S/C40H32N4/c1-3-13-29(14-4-1)30-22-24-32(25-23-30)40-42-38(41-39(43-40)31-15-5-2-6-16-31)27-28-12-11-17-33(26-28)44-36-20-9-7-18-34(36)35-19-8-10-21-37(35)44/h1-11,13-26,28,38H,12,27H2,(H,41,42,43). The molecule has 2 atom stereocenters. The van der Waals surface area contributed by atoms with E-state index in [4.69, 9.17) is 9.98 Å². The van der Waals surface area contributed by atoms with Crippen molar-refractivity contribution in [3.8, 4) is 11.1 Å². The highest BCUT2D eigenvalue weighted by atomic mass is 15.2. The highest BCUT2D eigenvalue weighted by Crippen LogP contribution is 2.35. The third kappa shape index (κ3) is 4.95. The van der Waals surface area contributed by atoms with E-state index < -0.39 is 0 Å². The molecule has 4 nitrogen and oxygen atoms in total. The van der Waals surface area contributed by atoms with Crippen molar-refractivity contribution in [2.75, 3.05) is 0 Å². The second kappa shape index (κ2) is 11.3. The molecule has 2 unspecified atom stereocenters. The van der Waals surface area contributed by atoms with Gasteiger partial charge in [0.2, 0.25) is 0 Å². The van der Waals surface area contributed by atoms with Gasteiger partial charge in [0.1, 0.15) is 17.8 Å². The summed E-state index contributed by atoms with van der Waals surface area (Å²) < 4.78 is 2.40. The van der Waals surface area contributed by atoms with Crippen LogP contribution in [0.1, 0.15) is 24.0 Å². The molecule has 0 saturated heterocycles. The molecule has 6 aromatic rings. The van der Waals surface area contributed by atoms with Gasteiger partial charge in [0.25, 0.3) is 0 Å². The maximum absolute atomic E-state index is 5.17. The molecule has 0 radical (unpaired) electrons. The van der Waals surface area contributed by atoms with Crippen LogP contribution in [0.5, 0.6) is 0 Å². The Morgan fingerprint density at radius 2 is 1.07 bits per heavy atom. The van der Waals surface area contributed by atoms with Gasteiger partial charge in [-0.25, -0.2) is 9.98 Å². The van der Waals surface area contributed by atoms with Crippen LogP contribution in [0.15, 0.2) is 162 Å². The van der Waals surface area contributed by atoms with Crippen molar-refractivity contribution in [1.29, 1.82) is 0 Å². The lowest BCUT2D eigenvalue weighted by Gasteiger charge is -2.25. The Bertz CT molecular complexity index is 2030. The first kappa shape index (κ1) is 26.2. The zero-order chi connectivity index (χ0) is 29.3. The monoisotopic (exact) mass is 568 g/mol. The molecule has 0 bridgehead atoms. The number of para-hydroxylation sites is 2. The Kier molecular flexibility index (Phi) is 6.73. The van der Waals surface area contributed by atoms with Crippen molar-refractivity contribution < 1.29 is 0 Å². The lowest BCUT2D eigenvalue weighted by Crippen LogP contribution is -2.38. The van der Waals surface area contributed by atoms with Crippen LogP contribution < -0.4 is 5.32 Å². The van der Waals surface area contributed by atoms with Gasteiger partial charge in [-0.1, -0.05) is 133 Å². The number of allylic oxidation sites excluding steroid dienone is 4. The molecule has 0 amide bonds. The summed E-state index contributed by atoms with van der Waals surface area (Å²) in [5.41, 5.74) is 8.19. The van der Waals surface area contributed by atoms with Gasteiger partial charge in [-0.05, 0) is 48.1 Å². The van der Waals surface area contributed by atoms with Crippen molar-refractivity contribution in [3.63, 3.8) is 0 Å². The topological polar surface area (TPSA) is 41.7 Å². The fourth-order valence-electron chi connectivity index (χ4n) is 6.46. The maximum atomic E-state index is 5.17. The van der Waals surface area contributed by atoms with Crippen LogP contribution in [0, 0.1) is 5.92 Å². The van der Waals surface area contributed by atoms with E-state index in [2.05, 4.69) is 149 Å². The van der Waals surface area contributed by atoms with Crippen LogP contribution in [0.2, 0.25) is 0 Å². The molecular weight excluding hydrogens is 536 g/mol. The number of nitrogens with zero attached hydrogens (tertiary/aromatic N) is 3. The van der Waals surface area contributed by atoms with E-state index in [9.17, 15) is 0 Å². The third-order valence-corrected chi connectivity index (χ3v) is 8.59. The van der Waals surface area contributed by atoms with Crippen LogP contribution in [0.3, 0.4) is 0 Å². The second-order valence-corrected chi connectivity index (χ2v) is 11.5. The Hall–Kier alpha value is -5.48. The molecule has 1 aliphatic heterocycles. The minimum absolute atomic E-state index is 0.192. The van der Waals surface area contributed by atoms with E-state index in [-0.39, 0.29) is 6.17 Å². The van der Waals surface area contributed by atoms with Crippen LogP contribution in [0.25, 0.3) is 38.6 Å². The minimum atomic E-state index is -0.192. The summed E-state index contributed by atoms with van der Waals surface area (Å²) >= 11 is 0. The molecule has 0 fully saturated rings. The van der Waals surface area contributed by atoms with E-state index in [1.165, 1.54) is 38.6 Å². The molecule has 2 aliphatic rings. The van der Waals surface area contributed by atoms with E-state index in [0.717, 1.165) is 35.6 Å². The number of aromatic nitrogens is 1. The summed E-state index contributed by atoms with van der Waals surface area (Å²) in [4.78, 5) is 10.3. The molecule has 5 aromatic carbocycles. The molecular formula is C40H32N4. The molecule has 0 saturated carbocycles. The van der Waals surface area contributed by atoms with Crippen LogP contribution >= 0.6 is 0 Å². The number of aliphatic imine (C=N–C) groups is 2. The number of fused-ring (bicyclic) bond motifs is 3. The van der Waals surface area contributed by atoms with Crippen molar-refractivity contribution in [2.45, 2.75) is 19.0 Å². The molecule has 0 spiro atoms. The molecule has 1 aromatic heterocycles. The van der Waals surface area contributed by atoms with Crippen LogP contribution in [-0.2, 0) is 0 Å². The van der Waals surface area contributed by atoms with Gasteiger partial charge in [-0.2, -0.15) is 0 Å². The molecule has 4 heteroatoms. The average Bonchev–Trinajstić information content (AvgIpc) is 3.44. The normalized spacial score (nSPS) is 18.0. The molecule has 212 valence electrons. The molecule has 1 aliphatic carbocycles. The number of nitrogens with one attached hydrogen (secondary N) is 1. The Balaban J connectivity index is 1.13. The Morgan fingerprint density at radius 3 is 1.70 bits per heavy atom. The summed E-state index contributed by atoms with van der Waals surface area (Å²) in [5.74, 6) is 2.04. The number of hydrogen-bond donors (Lipinski definition) is 1. The van der Waals surface area contributed by atoms with Crippen molar-refractivity contribution in [1.82, 2.24) is 9.88 Å². The van der Waals surface area contributed by atoms with Crippen molar-refractivity contribution >= 4 is 39.2 Å². The van der Waals surface area contributed by atoms with Gasteiger partial charge in [-0.3, -0.25) is 0 Å². The minimum Gasteiger partial charge on any atom is -0.324 e. The van der Waals surface area contributed by atoms with Gasteiger partial charge in [0.05, 0.1) is 11.0 Å². The highest BCUT2D eigenvalue weighted by Gasteiger charge is 2.23.